The van der Waals surface area contributed by atoms with Crippen LogP contribution in [0.25, 0.3) is 0 Å². The van der Waals surface area contributed by atoms with Crippen LogP contribution in [-0.4, -0.2) is 4.98 Å². The molecule has 0 saturated heterocycles. The molecule has 1 aromatic heterocycles. The Morgan fingerprint density at radius 1 is 1.12 bits per heavy atom. The van der Waals surface area contributed by atoms with Crippen LogP contribution in [0, 0.1) is 0 Å². The Bertz CT molecular complexity index is 468. The van der Waals surface area contributed by atoms with Gasteiger partial charge in [0.2, 0.25) is 0 Å². The fourth-order valence-corrected chi connectivity index (χ4v) is 2.19. The molecule has 4 N–H and O–H groups in total. The molecular weight excluding hydrogens is 218 g/mol. The molecule has 0 atom stereocenters. The van der Waals surface area contributed by atoms with Crippen LogP contribution in [0.3, 0.4) is 0 Å². The zero-order valence-corrected chi connectivity index (χ0v) is 9.58. The van der Waals surface area contributed by atoms with E-state index in [0.717, 1.165) is 21.9 Å². The third-order valence-corrected chi connectivity index (χ3v) is 3.18. The summed E-state index contributed by atoms with van der Waals surface area (Å²) >= 11 is 1.73. The van der Waals surface area contributed by atoms with Gasteiger partial charge in [0, 0.05) is 22.5 Å². The fourth-order valence-electron chi connectivity index (χ4n) is 1.29. The predicted molar refractivity (Wildman–Crippen MR) is 69.1 cm³/mol. The highest BCUT2D eigenvalue weighted by atomic mass is 32.2. The van der Waals surface area contributed by atoms with Crippen molar-refractivity contribution in [1.82, 2.24) is 4.98 Å². The van der Waals surface area contributed by atoms with Crippen molar-refractivity contribution in [3.8, 4) is 0 Å². The quantitative estimate of drug-likeness (QED) is 0.629. The number of anilines is 2. The normalized spacial score (nSPS) is 10.2. The summed E-state index contributed by atoms with van der Waals surface area (Å²) in [5.74, 6) is 1.43. The highest BCUT2D eigenvalue weighted by Gasteiger charge is 1.97. The van der Waals surface area contributed by atoms with Crippen LogP contribution in [0.4, 0.5) is 11.5 Å². The van der Waals surface area contributed by atoms with E-state index in [1.807, 2.05) is 36.4 Å². The highest BCUT2D eigenvalue weighted by Crippen LogP contribution is 2.24. The Kier molecular flexibility index (Phi) is 3.31. The summed E-state index contributed by atoms with van der Waals surface area (Å²) in [6, 6.07) is 11.7. The third kappa shape index (κ3) is 2.90. The molecule has 4 heteroatoms. The maximum absolute atomic E-state index is 5.71. The fraction of sp³-hybridized carbons (Fsp3) is 0.0833. The van der Waals surface area contributed by atoms with Crippen molar-refractivity contribution < 1.29 is 0 Å². The van der Waals surface area contributed by atoms with E-state index in [0.29, 0.717) is 5.82 Å². The van der Waals surface area contributed by atoms with E-state index in [-0.39, 0.29) is 0 Å². The van der Waals surface area contributed by atoms with Crippen LogP contribution < -0.4 is 11.5 Å². The van der Waals surface area contributed by atoms with Gasteiger partial charge in [-0.15, -0.1) is 11.8 Å². The zero-order chi connectivity index (χ0) is 11.4. The van der Waals surface area contributed by atoms with Crippen LogP contribution in [0.2, 0.25) is 0 Å². The third-order valence-electron chi connectivity index (χ3n) is 2.11. The van der Waals surface area contributed by atoms with Crippen LogP contribution >= 0.6 is 11.8 Å². The highest BCUT2D eigenvalue weighted by molar-refractivity contribution is 7.98. The lowest BCUT2D eigenvalue weighted by Crippen LogP contribution is -1.90. The Morgan fingerprint density at radius 3 is 2.69 bits per heavy atom. The van der Waals surface area contributed by atoms with Crippen molar-refractivity contribution in [3.63, 3.8) is 0 Å². The molecule has 0 radical (unpaired) electrons. The van der Waals surface area contributed by atoms with E-state index in [1.165, 1.54) is 0 Å². The molecule has 3 nitrogen and oxygen atoms in total. The van der Waals surface area contributed by atoms with Gasteiger partial charge in [0.05, 0.1) is 0 Å². The van der Waals surface area contributed by atoms with Crippen LogP contribution in [0.5, 0.6) is 0 Å². The second-order valence-corrected chi connectivity index (χ2v) is 4.50. The monoisotopic (exact) mass is 231 g/mol. The number of aromatic nitrogens is 1. The van der Waals surface area contributed by atoms with E-state index >= 15 is 0 Å². The van der Waals surface area contributed by atoms with Gasteiger partial charge in [-0.2, -0.15) is 0 Å². The summed E-state index contributed by atoms with van der Waals surface area (Å²) in [5.41, 5.74) is 13.2. The number of nitrogen functional groups attached to an aromatic ring is 2. The standard InChI is InChI=1S/C12H13N3S/c13-10-2-1-3-11(6-10)16-8-9-4-5-12(14)15-7-9/h1-7H,8,13H2,(H2,14,15). The predicted octanol–water partition coefficient (Wildman–Crippen LogP) is 2.54. The van der Waals surface area contributed by atoms with Gasteiger partial charge in [-0.3, -0.25) is 0 Å². The molecule has 0 amide bonds. The number of benzene rings is 1. The molecule has 1 aromatic carbocycles. The molecule has 2 aromatic rings. The second kappa shape index (κ2) is 4.90. The molecule has 0 aliphatic heterocycles. The minimum atomic E-state index is 0.553. The summed E-state index contributed by atoms with van der Waals surface area (Å²) in [4.78, 5) is 5.21. The Balaban J connectivity index is 1.99. The van der Waals surface area contributed by atoms with Crippen LogP contribution in [-0.2, 0) is 5.75 Å². The topological polar surface area (TPSA) is 64.9 Å². The molecule has 0 bridgehead atoms. The lowest BCUT2D eigenvalue weighted by atomic mass is 10.3. The smallest absolute Gasteiger partial charge is 0.123 e. The van der Waals surface area contributed by atoms with Crippen molar-refractivity contribution in [1.29, 1.82) is 0 Å². The molecule has 0 unspecified atom stereocenters. The maximum atomic E-state index is 5.71. The van der Waals surface area contributed by atoms with E-state index in [4.69, 9.17) is 11.5 Å². The number of pyridine rings is 1. The first-order chi connectivity index (χ1) is 7.74. The van der Waals surface area contributed by atoms with Crippen molar-refractivity contribution in [2.45, 2.75) is 10.6 Å². The van der Waals surface area contributed by atoms with Gasteiger partial charge in [0.25, 0.3) is 0 Å². The molecule has 0 aliphatic rings. The average Bonchev–Trinajstić information content (AvgIpc) is 2.28. The Hall–Kier alpha value is -1.68. The molecule has 82 valence electrons. The van der Waals surface area contributed by atoms with Crippen molar-refractivity contribution >= 4 is 23.3 Å². The number of thioether (sulfide) groups is 1. The Morgan fingerprint density at radius 2 is 2.00 bits per heavy atom. The van der Waals surface area contributed by atoms with Gasteiger partial charge < -0.3 is 11.5 Å². The number of nitrogens with two attached hydrogens (primary N) is 2. The van der Waals surface area contributed by atoms with Gasteiger partial charge in [0.15, 0.2) is 0 Å². The van der Waals surface area contributed by atoms with E-state index in [2.05, 4.69) is 4.98 Å². The van der Waals surface area contributed by atoms with Crippen LogP contribution in [0.1, 0.15) is 5.56 Å². The number of hydrogen-bond donors (Lipinski definition) is 2. The van der Waals surface area contributed by atoms with E-state index in [9.17, 15) is 0 Å². The van der Waals surface area contributed by atoms with Crippen molar-refractivity contribution in [2.75, 3.05) is 11.5 Å². The van der Waals surface area contributed by atoms with Crippen LogP contribution in [0.15, 0.2) is 47.5 Å². The number of nitrogens with zero attached hydrogens (tertiary/aromatic N) is 1. The lowest BCUT2D eigenvalue weighted by molar-refractivity contribution is 1.26. The van der Waals surface area contributed by atoms with E-state index < -0.39 is 0 Å². The van der Waals surface area contributed by atoms with Gasteiger partial charge >= 0.3 is 0 Å². The second-order valence-electron chi connectivity index (χ2n) is 3.45. The minimum absolute atomic E-state index is 0.553. The zero-order valence-electron chi connectivity index (χ0n) is 8.76. The summed E-state index contributed by atoms with van der Waals surface area (Å²) in [5, 5.41) is 0. The largest absolute Gasteiger partial charge is 0.399 e. The molecule has 16 heavy (non-hydrogen) atoms. The molecule has 0 aliphatic carbocycles. The molecule has 0 spiro atoms. The lowest BCUT2D eigenvalue weighted by Gasteiger charge is -2.02. The Labute approximate surface area is 98.9 Å². The molecule has 2 rings (SSSR count). The summed E-state index contributed by atoms with van der Waals surface area (Å²) in [7, 11) is 0. The first-order valence-corrected chi connectivity index (χ1v) is 5.91. The van der Waals surface area contributed by atoms with Gasteiger partial charge in [-0.25, -0.2) is 4.98 Å². The summed E-state index contributed by atoms with van der Waals surface area (Å²) in [6.45, 7) is 0. The summed E-state index contributed by atoms with van der Waals surface area (Å²) < 4.78 is 0. The minimum Gasteiger partial charge on any atom is -0.399 e. The number of hydrogen-bond acceptors (Lipinski definition) is 4. The van der Waals surface area contributed by atoms with E-state index in [1.54, 1.807) is 18.0 Å². The first-order valence-electron chi connectivity index (χ1n) is 4.93. The molecular formula is C12H13N3S. The molecule has 0 fully saturated rings. The number of rotatable bonds is 3. The molecule has 1 heterocycles. The van der Waals surface area contributed by atoms with Crippen molar-refractivity contribution in [3.05, 3.63) is 48.2 Å². The van der Waals surface area contributed by atoms with Gasteiger partial charge in [0.1, 0.15) is 5.82 Å². The van der Waals surface area contributed by atoms with Crippen molar-refractivity contribution in [2.24, 2.45) is 0 Å². The van der Waals surface area contributed by atoms with Gasteiger partial charge in [-0.1, -0.05) is 12.1 Å². The molecule has 0 saturated carbocycles. The maximum Gasteiger partial charge on any atom is 0.123 e. The average molecular weight is 231 g/mol. The summed E-state index contributed by atoms with van der Waals surface area (Å²) in [6.07, 6.45) is 1.80. The van der Waals surface area contributed by atoms with Gasteiger partial charge in [-0.05, 0) is 29.8 Å². The SMILES string of the molecule is Nc1cccc(SCc2ccc(N)nc2)c1. The first kappa shape index (κ1) is 10.8.